The van der Waals surface area contributed by atoms with E-state index in [4.69, 9.17) is 9.94 Å². The lowest BCUT2D eigenvalue weighted by Gasteiger charge is -2.08. The van der Waals surface area contributed by atoms with Crippen molar-refractivity contribution in [2.45, 2.75) is 0 Å². The molecule has 0 fully saturated rings. The van der Waals surface area contributed by atoms with E-state index in [-0.39, 0.29) is 24.7 Å². The van der Waals surface area contributed by atoms with Gasteiger partial charge in [0.1, 0.15) is 17.9 Å². The molecule has 3 aromatic rings. The van der Waals surface area contributed by atoms with Gasteiger partial charge >= 0.3 is 0 Å². The number of aromatic nitrogens is 4. The Kier molecular flexibility index (Phi) is 6.69. The number of hydrogen-bond donors (Lipinski definition) is 4. The number of carbonyl (C=O) groups excluding carboxylic acids is 2. The average Bonchev–Trinajstić information content (AvgIpc) is 3.30. The molecule has 0 bridgehead atoms. The fraction of sp³-hybridized carbons (Fsp3) is 0.105. The number of amides is 2. The Morgan fingerprint density at radius 1 is 1.27 bits per heavy atom. The van der Waals surface area contributed by atoms with E-state index in [9.17, 15) is 14.4 Å². The molecule has 0 saturated heterocycles. The fourth-order valence-corrected chi connectivity index (χ4v) is 2.37. The van der Waals surface area contributed by atoms with E-state index in [0.29, 0.717) is 5.75 Å². The summed E-state index contributed by atoms with van der Waals surface area (Å²) in [6.45, 7) is 0.363. The van der Waals surface area contributed by atoms with Gasteiger partial charge in [-0.1, -0.05) is 12.1 Å². The third-order valence-corrected chi connectivity index (χ3v) is 3.83. The first-order valence-corrected chi connectivity index (χ1v) is 8.79. The Morgan fingerprint density at radius 2 is 2.07 bits per heavy atom. The van der Waals surface area contributed by atoms with Crippen molar-refractivity contribution in [1.29, 1.82) is 0 Å². The molecule has 0 spiro atoms. The van der Waals surface area contributed by atoms with Gasteiger partial charge in [-0.05, 0) is 29.8 Å². The van der Waals surface area contributed by atoms with Gasteiger partial charge in [-0.25, -0.2) is 15.1 Å². The number of rotatable bonds is 8. The molecule has 0 unspecified atom stereocenters. The van der Waals surface area contributed by atoms with Crippen LogP contribution in [0.1, 0.15) is 15.9 Å². The SMILES string of the molecule is O=C(C=Cc1ccc(OCCNC(=O)c2cnc(-n3cccn3)[nH]c2=O)cc1)NO. The van der Waals surface area contributed by atoms with E-state index in [2.05, 4.69) is 20.4 Å². The largest absolute Gasteiger partial charge is 0.492 e. The van der Waals surface area contributed by atoms with Gasteiger partial charge in [0.05, 0.1) is 6.54 Å². The lowest BCUT2D eigenvalue weighted by Crippen LogP contribution is -2.33. The first-order chi connectivity index (χ1) is 14.6. The van der Waals surface area contributed by atoms with Crippen LogP contribution in [-0.4, -0.2) is 49.9 Å². The highest BCUT2D eigenvalue weighted by Gasteiger charge is 2.12. The quantitative estimate of drug-likeness (QED) is 0.180. The van der Waals surface area contributed by atoms with Gasteiger partial charge in [0.15, 0.2) is 0 Å². The van der Waals surface area contributed by atoms with E-state index >= 15 is 0 Å². The van der Waals surface area contributed by atoms with E-state index in [1.54, 1.807) is 42.7 Å². The maximum absolute atomic E-state index is 12.2. The Bertz CT molecular complexity index is 1090. The molecule has 2 heterocycles. The summed E-state index contributed by atoms with van der Waals surface area (Å²) in [5, 5.41) is 15.0. The molecule has 0 atom stereocenters. The minimum Gasteiger partial charge on any atom is -0.492 e. The smallest absolute Gasteiger partial charge is 0.267 e. The normalized spacial score (nSPS) is 10.7. The number of hydroxylamine groups is 1. The number of H-pyrrole nitrogens is 1. The third-order valence-electron chi connectivity index (χ3n) is 3.83. The van der Waals surface area contributed by atoms with Crippen LogP contribution in [0.2, 0.25) is 0 Å². The van der Waals surface area contributed by atoms with Gasteiger partial charge in [0.2, 0.25) is 5.95 Å². The summed E-state index contributed by atoms with van der Waals surface area (Å²) in [5.74, 6) is -0.422. The molecule has 0 aliphatic heterocycles. The Hall–Kier alpha value is -4.25. The van der Waals surface area contributed by atoms with Crippen LogP contribution < -0.4 is 21.1 Å². The van der Waals surface area contributed by atoms with Gasteiger partial charge in [-0.15, -0.1) is 0 Å². The van der Waals surface area contributed by atoms with Gasteiger partial charge < -0.3 is 10.1 Å². The van der Waals surface area contributed by atoms with Crippen molar-refractivity contribution in [2.75, 3.05) is 13.2 Å². The number of nitrogens with one attached hydrogen (secondary N) is 3. The summed E-state index contributed by atoms with van der Waals surface area (Å²) in [4.78, 5) is 41.7. The molecule has 11 nitrogen and oxygen atoms in total. The molecule has 11 heteroatoms. The Morgan fingerprint density at radius 3 is 2.73 bits per heavy atom. The van der Waals surface area contributed by atoms with Crippen molar-refractivity contribution in [2.24, 2.45) is 0 Å². The van der Waals surface area contributed by atoms with Crippen molar-refractivity contribution in [3.05, 3.63) is 76.5 Å². The molecule has 1 aromatic carbocycles. The van der Waals surface area contributed by atoms with Crippen LogP contribution in [0, 0.1) is 0 Å². The van der Waals surface area contributed by atoms with Crippen LogP contribution in [0.4, 0.5) is 0 Å². The van der Waals surface area contributed by atoms with Crippen molar-refractivity contribution in [3.63, 3.8) is 0 Å². The van der Waals surface area contributed by atoms with Gasteiger partial charge in [0, 0.05) is 24.7 Å². The molecule has 0 radical (unpaired) electrons. The highest BCUT2D eigenvalue weighted by molar-refractivity contribution is 5.93. The minimum atomic E-state index is -0.629. The van der Waals surface area contributed by atoms with E-state index in [1.807, 2.05) is 0 Å². The van der Waals surface area contributed by atoms with Crippen LogP contribution in [0.5, 0.6) is 5.75 Å². The van der Waals surface area contributed by atoms with Crippen LogP contribution in [0.15, 0.2) is 59.8 Å². The minimum absolute atomic E-state index is 0.117. The lowest BCUT2D eigenvalue weighted by atomic mass is 10.2. The molecular formula is C19H18N6O5. The number of benzene rings is 1. The Balaban J connectivity index is 1.47. The van der Waals surface area contributed by atoms with E-state index in [0.717, 1.165) is 5.56 Å². The predicted molar refractivity (Wildman–Crippen MR) is 105 cm³/mol. The molecule has 0 aliphatic carbocycles. The number of ether oxygens (including phenoxy) is 1. The highest BCUT2D eigenvalue weighted by atomic mass is 16.5. The number of hydrogen-bond acceptors (Lipinski definition) is 7. The van der Waals surface area contributed by atoms with Gasteiger partial charge in [0.25, 0.3) is 17.4 Å². The molecule has 2 aromatic heterocycles. The van der Waals surface area contributed by atoms with Crippen LogP contribution in [0.25, 0.3) is 12.0 Å². The summed E-state index contributed by atoms with van der Waals surface area (Å²) >= 11 is 0. The van der Waals surface area contributed by atoms with Gasteiger partial charge in [-0.3, -0.25) is 24.6 Å². The van der Waals surface area contributed by atoms with Crippen LogP contribution >= 0.6 is 0 Å². The van der Waals surface area contributed by atoms with Gasteiger partial charge in [-0.2, -0.15) is 5.10 Å². The predicted octanol–water partition coefficient (Wildman–Crippen LogP) is 0.283. The summed E-state index contributed by atoms with van der Waals surface area (Å²) in [5.41, 5.74) is 1.55. The van der Waals surface area contributed by atoms with Crippen molar-refractivity contribution < 1.29 is 19.5 Å². The van der Waals surface area contributed by atoms with Crippen molar-refractivity contribution in [3.8, 4) is 11.7 Å². The summed E-state index contributed by atoms with van der Waals surface area (Å²) in [6, 6.07) is 8.52. The van der Waals surface area contributed by atoms with Crippen LogP contribution in [-0.2, 0) is 4.79 Å². The second kappa shape index (κ2) is 9.80. The molecule has 4 N–H and O–H groups in total. The maximum Gasteiger partial charge on any atom is 0.267 e. The maximum atomic E-state index is 12.2. The third kappa shape index (κ3) is 5.39. The molecule has 154 valence electrons. The number of nitrogens with zero attached hydrogens (tertiary/aromatic N) is 3. The standard InChI is InChI=1S/C19H18N6O5/c26-16(24-29)7-4-13-2-5-14(6-3-13)30-11-9-20-17(27)15-12-21-19(23-18(15)28)25-10-1-8-22-25/h1-8,10,12,29H,9,11H2,(H,20,27)(H,24,26)(H,21,23,28). The first-order valence-electron chi connectivity index (χ1n) is 8.79. The number of aromatic amines is 1. The molecule has 30 heavy (non-hydrogen) atoms. The fourth-order valence-electron chi connectivity index (χ4n) is 2.37. The average molecular weight is 410 g/mol. The monoisotopic (exact) mass is 410 g/mol. The second-order valence-corrected chi connectivity index (χ2v) is 5.88. The first kappa shape index (κ1) is 20.5. The molecule has 3 rings (SSSR count). The Labute approximate surface area is 170 Å². The molecule has 0 saturated carbocycles. The molecule has 0 aliphatic rings. The lowest BCUT2D eigenvalue weighted by molar-refractivity contribution is -0.124. The zero-order valence-electron chi connectivity index (χ0n) is 15.6. The summed E-state index contributed by atoms with van der Waals surface area (Å²) < 4.78 is 6.90. The zero-order valence-corrected chi connectivity index (χ0v) is 15.6. The summed E-state index contributed by atoms with van der Waals surface area (Å²) in [6.07, 6.45) is 7.06. The summed E-state index contributed by atoms with van der Waals surface area (Å²) in [7, 11) is 0. The molecule has 2 amide bonds. The van der Waals surface area contributed by atoms with E-state index < -0.39 is 17.4 Å². The van der Waals surface area contributed by atoms with Crippen molar-refractivity contribution in [1.82, 2.24) is 30.5 Å². The number of carbonyl (C=O) groups is 2. The van der Waals surface area contributed by atoms with E-state index in [1.165, 1.54) is 28.5 Å². The molecular weight excluding hydrogens is 392 g/mol. The second-order valence-electron chi connectivity index (χ2n) is 5.88. The van der Waals surface area contributed by atoms with Crippen molar-refractivity contribution >= 4 is 17.9 Å². The highest BCUT2D eigenvalue weighted by Crippen LogP contribution is 2.13. The topological polar surface area (TPSA) is 151 Å². The zero-order chi connectivity index (χ0) is 21.3. The van der Waals surface area contributed by atoms with Crippen LogP contribution in [0.3, 0.4) is 0 Å².